The van der Waals surface area contributed by atoms with Crippen LogP contribution in [0, 0.1) is 12.8 Å². The highest BCUT2D eigenvalue weighted by molar-refractivity contribution is 5.98. The molecule has 1 atom stereocenters. The van der Waals surface area contributed by atoms with E-state index < -0.39 is 17.6 Å². The summed E-state index contributed by atoms with van der Waals surface area (Å²) in [5.41, 5.74) is -0.520. The summed E-state index contributed by atoms with van der Waals surface area (Å²) in [6.45, 7) is 2.25. The fourth-order valence-electron chi connectivity index (χ4n) is 3.16. The summed E-state index contributed by atoms with van der Waals surface area (Å²) in [6.07, 6.45) is 2.81. The molecule has 0 saturated heterocycles. The second-order valence-corrected chi connectivity index (χ2v) is 7.15. The molecule has 0 radical (unpaired) electrons. The van der Waals surface area contributed by atoms with Crippen molar-refractivity contribution < 1.29 is 22.8 Å². The standard InChI is InChI=1S/C20H22F3N5O2/c1-13-12-28(27-26-13)8-7-24-18(29)15-9-16(20(21,22)23)11-17(10-15)25-19(30)14-5-3-2-4-6-14/h2-3,9-12,14H,4-8H2,1H3,(H,24,29)(H,25,30). The highest BCUT2D eigenvalue weighted by Gasteiger charge is 2.32. The van der Waals surface area contributed by atoms with E-state index in [4.69, 9.17) is 0 Å². The minimum absolute atomic E-state index is 0.0542. The molecule has 3 rings (SSSR count). The van der Waals surface area contributed by atoms with Crippen molar-refractivity contribution in [2.75, 3.05) is 11.9 Å². The fraction of sp³-hybridized carbons (Fsp3) is 0.400. The van der Waals surface area contributed by atoms with Gasteiger partial charge in [-0.15, -0.1) is 5.10 Å². The molecular weight excluding hydrogens is 399 g/mol. The second-order valence-electron chi connectivity index (χ2n) is 7.15. The summed E-state index contributed by atoms with van der Waals surface area (Å²) in [7, 11) is 0. The lowest BCUT2D eigenvalue weighted by Crippen LogP contribution is -2.28. The number of hydrogen-bond donors (Lipinski definition) is 2. The average Bonchev–Trinajstić information content (AvgIpc) is 3.12. The molecule has 7 nitrogen and oxygen atoms in total. The van der Waals surface area contributed by atoms with E-state index >= 15 is 0 Å². The van der Waals surface area contributed by atoms with E-state index in [1.807, 2.05) is 12.2 Å². The van der Waals surface area contributed by atoms with Crippen LogP contribution in [0.25, 0.3) is 0 Å². The Hall–Kier alpha value is -3.17. The first-order valence-electron chi connectivity index (χ1n) is 9.55. The molecule has 160 valence electrons. The normalized spacial score (nSPS) is 16.3. The number of alkyl halides is 3. The van der Waals surface area contributed by atoms with Gasteiger partial charge in [-0.3, -0.25) is 14.3 Å². The number of rotatable bonds is 6. The molecule has 0 fully saturated rings. The molecule has 2 N–H and O–H groups in total. The van der Waals surface area contributed by atoms with Gasteiger partial charge in [0.2, 0.25) is 5.91 Å². The molecule has 10 heteroatoms. The van der Waals surface area contributed by atoms with Gasteiger partial charge in [-0.25, -0.2) is 0 Å². The van der Waals surface area contributed by atoms with Gasteiger partial charge in [-0.2, -0.15) is 13.2 Å². The maximum Gasteiger partial charge on any atom is 0.416 e. The van der Waals surface area contributed by atoms with Gasteiger partial charge >= 0.3 is 6.18 Å². The van der Waals surface area contributed by atoms with Crippen molar-refractivity contribution in [1.82, 2.24) is 20.3 Å². The zero-order valence-corrected chi connectivity index (χ0v) is 16.4. The molecule has 30 heavy (non-hydrogen) atoms. The van der Waals surface area contributed by atoms with E-state index in [0.29, 0.717) is 25.1 Å². The monoisotopic (exact) mass is 421 g/mol. The Morgan fingerprint density at radius 1 is 1.23 bits per heavy atom. The van der Waals surface area contributed by atoms with Crippen molar-refractivity contribution in [3.05, 3.63) is 53.4 Å². The van der Waals surface area contributed by atoms with Crippen molar-refractivity contribution in [3.63, 3.8) is 0 Å². The first kappa shape index (κ1) is 21.5. The van der Waals surface area contributed by atoms with Gasteiger partial charge in [0.1, 0.15) is 0 Å². The van der Waals surface area contributed by atoms with Gasteiger partial charge < -0.3 is 10.6 Å². The predicted octanol–water partition coefficient (Wildman–Crippen LogP) is 3.33. The van der Waals surface area contributed by atoms with Crippen LogP contribution in [0.15, 0.2) is 36.5 Å². The van der Waals surface area contributed by atoms with E-state index in [9.17, 15) is 22.8 Å². The minimum atomic E-state index is -4.65. The second kappa shape index (κ2) is 9.10. The van der Waals surface area contributed by atoms with Crippen LogP contribution in [0.3, 0.4) is 0 Å². The topological polar surface area (TPSA) is 88.9 Å². The Morgan fingerprint density at radius 2 is 2.03 bits per heavy atom. The minimum Gasteiger partial charge on any atom is -0.350 e. The molecule has 1 unspecified atom stereocenters. The summed E-state index contributed by atoms with van der Waals surface area (Å²) in [6, 6.07) is 2.86. The van der Waals surface area contributed by atoms with Crippen molar-refractivity contribution in [3.8, 4) is 0 Å². The molecule has 1 aromatic carbocycles. The van der Waals surface area contributed by atoms with Crippen molar-refractivity contribution in [1.29, 1.82) is 0 Å². The van der Waals surface area contributed by atoms with Crippen LogP contribution in [-0.2, 0) is 17.5 Å². The Kier molecular flexibility index (Phi) is 6.53. The first-order chi connectivity index (χ1) is 14.2. The maximum absolute atomic E-state index is 13.3. The summed E-state index contributed by atoms with van der Waals surface area (Å²) < 4.78 is 41.4. The smallest absolute Gasteiger partial charge is 0.350 e. The molecule has 2 aromatic rings. The Balaban J connectivity index is 1.72. The maximum atomic E-state index is 13.3. The number of aryl methyl sites for hydroxylation is 1. The third kappa shape index (κ3) is 5.68. The molecule has 1 aromatic heterocycles. The number of carbonyl (C=O) groups is 2. The zero-order chi connectivity index (χ0) is 21.7. The van der Waals surface area contributed by atoms with Crippen LogP contribution in [-0.4, -0.2) is 33.4 Å². The van der Waals surface area contributed by atoms with E-state index in [1.54, 1.807) is 13.1 Å². The summed E-state index contributed by atoms with van der Waals surface area (Å²) >= 11 is 0. The molecule has 1 aliphatic carbocycles. The van der Waals surface area contributed by atoms with Crippen molar-refractivity contribution in [2.24, 2.45) is 5.92 Å². The third-order valence-electron chi connectivity index (χ3n) is 4.71. The number of nitrogens with one attached hydrogen (secondary N) is 2. The molecule has 1 aliphatic rings. The summed E-state index contributed by atoms with van der Waals surface area (Å²) in [4.78, 5) is 24.8. The molecule has 0 bridgehead atoms. The molecule has 1 heterocycles. The van der Waals surface area contributed by atoms with Gasteiger partial charge in [0.15, 0.2) is 0 Å². The third-order valence-corrected chi connectivity index (χ3v) is 4.71. The van der Waals surface area contributed by atoms with Gasteiger partial charge in [0.05, 0.1) is 17.8 Å². The van der Waals surface area contributed by atoms with Gasteiger partial charge in [0.25, 0.3) is 5.91 Å². The van der Waals surface area contributed by atoms with Crippen molar-refractivity contribution >= 4 is 17.5 Å². The molecule has 0 aliphatic heterocycles. The summed E-state index contributed by atoms with van der Waals surface area (Å²) in [5, 5.41) is 12.7. The van der Waals surface area contributed by atoms with Crippen LogP contribution < -0.4 is 10.6 Å². The number of halogens is 3. The lowest BCUT2D eigenvalue weighted by molar-refractivity contribution is -0.137. The van der Waals surface area contributed by atoms with Crippen LogP contribution >= 0.6 is 0 Å². The predicted molar refractivity (Wildman–Crippen MR) is 104 cm³/mol. The Labute approximate surface area is 171 Å². The first-order valence-corrected chi connectivity index (χ1v) is 9.55. The van der Waals surface area contributed by atoms with Crippen LogP contribution in [0.5, 0.6) is 0 Å². The number of nitrogens with zero attached hydrogens (tertiary/aromatic N) is 3. The molecule has 0 saturated carbocycles. The molecular formula is C20H22F3N5O2. The van der Waals surface area contributed by atoms with E-state index in [1.165, 1.54) is 10.7 Å². The molecule has 0 spiro atoms. The van der Waals surface area contributed by atoms with Crippen LogP contribution in [0.4, 0.5) is 18.9 Å². The number of aromatic nitrogens is 3. The zero-order valence-electron chi connectivity index (χ0n) is 16.4. The number of amides is 2. The van der Waals surface area contributed by atoms with Gasteiger partial charge in [0, 0.05) is 29.9 Å². The van der Waals surface area contributed by atoms with Crippen LogP contribution in [0.2, 0.25) is 0 Å². The number of benzene rings is 1. The van der Waals surface area contributed by atoms with Crippen molar-refractivity contribution in [2.45, 2.75) is 38.9 Å². The number of hydrogen-bond acceptors (Lipinski definition) is 4. The quantitative estimate of drug-likeness (QED) is 0.701. The Bertz CT molecular complexity index is 952. The highest BCUT2D eigenvalue weighted by atomic mass is 19.4. The van der Waals surface area contributed by atoms with Crippen LogP contribution in [0.1, 0.15) is 40.9 Å². The largest absolute Gasteiger partial charge is 0.416 e. The van der Waals surface area contributed by atoms with E-state index in [2.05, 4.69) is 20.9 Å². The summed E-state index contributed by atoms with van der Waals surface area (Å²) in [5.74, 6) is -1.33. The highest BCUT2D eigenvalue weighted by Crippen LogP contribution is 2.32. The van der Waals surface area contributed by atoms with E-state index in [-0.39, 0.29) is 29.6 Å². The fourth-order valence-corrected chi connectivity index (χ4v) is 3.16. The average molecular weight is 421 g/mol. The number of carbonyl (C=O) groups excluding carboxylic acids is 2. The lowest BCUT2D eigenvalue weighted by Gasteiger charge is -2.18. The van der Waals surface area contributed by atoms with Gasteiger partial charge in [-0.1, -0.05) is 17.4 Å². The lowest BCUT2D eigenvalue weighted by atomic mass is 9.93. The molecule has 2 amide bonds. The number of anilines is 1. The van der Waals surface area contributed by atoms with E-state index in [0.717, 1.165) is 18.6 Å². The number of allylic oxidation sites excluding steroid dienone is 2. The SMILES string of the molecule is Cc1cn(CCNC(=O)c2cc(NC(=O)C3CC=CCC3)cc(C(F)(F)F)c2)nn1. The Morgan fingerprint density at radius 3 is 2.67 bits per heavy atom. The van der Waals surface area contributed by atoms with Gasteiger partial charge in [-0.05, 0) is 44.4 Å².